The molecule has 128 valence electrons. The fourth-order valence-electron chi connectivity index (χ4n) is 1.93. The quantitative estimate of drug-likeness (QED) is 0.704. The summed E-state index contributed by atoms with van der Waals surface area (Å²) >= 11 is 0. The standard InChI is InChI=1S/C13H11N.C7H8O3S/c1-2-6-12(7-3-1)9-10-13-8-4-5-11-14-13;1-6-2-4-7(5-3-6)11(8,9)10/h1-11H;2-5H,1H3,(H,8,9,10)/b10-9+;. The number of benzene rings is 2. The maximum Gasteiger partial charge on any atom is 0.294 e. The zero-order valence-corrected chi connectivity index (χ0v) is 14.6. The van der Waals surface area contributed by atoms with Crippen molar-refractivity contribution in [2.75, 3.05) is 0 Å². The summed E-state index contributed by atoms with van der Waals surface area (Å²) in [7, 11) is -4.02. The lowest BCUT2D eigenvalue weighted by Gasteiger charge is -1.95. The Kier molecular flexibility index (Phi) is 6.62. The van der Waals surface area contributed by atoms with Crippen molar-refractivity contribution in [3.05, 3.63) is 95.8 Å². The summed E-state index contributed by atoms with van der Waals surface area (Å²) in [4.78, 5) is 4.14. The number of aromatic nitrogens is 1. The average molecular weight is 353 g/mol. The van der Waals surface area contributed by atoms with Crippen LogP contribution < -0.4 is 0 Å². The highest BCUT2D eigenvalue weighted by Crippen LogP contribution is 2.08. The Balaban J connectivity index is 0.000000186. The summed E-state index contributed by atoms with van der Waals surface area (Å²) in [5, 5.41) is 0. The monoisotopic (exact) mass is 353 g/mol. The van der Waals surface area contributed by atoms with Crippen molar-refractivity contribution in [1.29, 1.82) is 0 Å². The van der Waals surface area contributed by atoms with Crippen LogP contribution in [0.4, 0.5) is 0 Å². The first-order valence-corrected chi connectivity index (χ1v) is 9.07. The van der Waals surface area contributed by atoms with Gasteiger partial charge in [-0.05, 0) is 42.8 Å². The third kappa shape index (κ3) is 6.71. The van der Waals surface area contributed by atoms with E-state index in [2.05, 4.69) is 23.2 Å². The minimum Gasteiger partial charge on any atom is -0.282 e. The summed E-state index contributed by atoms with van der Waals surface area (Å²) < 4.78 is 29.6. The molecule has 0 unspecified atom stereocenters. The Morgan fingerprint density at radius 1 is 0.840 bits per heavy atom. The van der Waals surface area contributed by atoms with Gasteiger partial charge in [0.25, 0.3) is 10.1 Å². The van der Waals surface area contributed by atoms with Gasteiger partial charge in [0.05, 0.1) is 10.6 Å². The molecule has 0 bridgehead atoms. The van der Waals surface area contributed by atoms with Crippen LogP contribution in [0, 0.1) is 6.92 Å². The topological polar surface area (TPSA) is 67.3 Å². The van der Waals surface area contributed by atoms with Crippen LogP contribution in [0.2, 0.25) is 0 Å². The molecule has 5 heteroatoms. The largest absolute Gasteiger partial charge is 0.294 e. The molecule has 0 saturated heterocycles. The van der Waals surface area contributed by atoms with Gasteiger partial charge in [-0.1, -0.05) is 60.2 Å². The van der Waals surface area contributed by atoms with E-state index in [4.69, 9.17) is 4.55 Å². The molecule has 1 heterocycles. The van der Waals surface area contributed by atoms with Crippen LogP contribution in [0.25, 0.3) is 12.2 Å². The van der Waals surface area contributed by atoms with E-state index in [1.807, 2.05) is 49.4 Å². The second kappa shape index (κ2) is 8.92. The number of pyridine rings is 1. The molecule has 1 aromatic heterocycles. The third-order valence-corrected chi connectivity index (χ3v) is 4.12. The molecule has 4 nitrogen and oxygen atoms in total. The number of aryl methyl sites for hydroxylation is 1. The number of nitrogens with zero attached hydrogens (tertiary/aromatic N) is 1. The minimum atomic E-state index is -4.02. The maximum absolute atomic E-state index is 10.5. The Morgan fingerprint density at radius 3 is 2.04 bits per heavy atom. The van der Waals surface area contributed by atoms with Gasteiger partial charge in [0.15, 0.2) is 0 Å². The van der Waals surface area contributed by atoms with Gasteiger partial charge in [0.1, 0.15) is 0 Å². The molecule has 0 fully saturated rings. The van der Waals surface area contributed by atoms with Gasteiger partial charge in [0.2, 0.25) is 0 Å². The molecule has 0 saturated carbocycles. The van der Waals surface area contributed by atoms with E-state index in [-0.39, 0.29) is 4.90 Å². The predicted molar refractivity (Wildman–Crippen MR) is 101 cm³/mol. The first kappa shape index (κ1) is 18.6. The van der Waals surface area contributed by atoms with E-state index in [1.54, 1.807) is 18.3 Å². The van der Waals surface area contributed by atoms with Crippen LogP contribution in [-0.4, -0.2) is 18.0 Å². The van der Waals surface area contributed by atoms with Crippen molar-refractivity contribution in [3.8, 4) is 0 Å². The minimum absolute atomic E-state index is 0.0666. The third-order valence-electron chi connectivity index (χ3n) is 3.25. The zero-order chi connectivity index (χ0) is 18.1. The number of hydrogen-bond donors (Lipinski definition) is 1. The average Bonchev–Trinajstić information content (AvgIpc) is 2.62. The van der Waals surface area contributed by atoms with Gasteiger partial charge >= 0.3 is 0 Å². The van der Waals surface area contributed by atoms with Crippen molar-refractivity contribution in [2.45, 2.75) is 11.8 Å². The normalized spacial score (nSPS) is 11.0. The van der Waals surface area contributed by atoms with E-state index in [0.717, 1.165) is 11.3 Å². The molecule has 2 aromatic carbocycles. The molecule has 0 aliphatic heterocycles. The Bertz CT molecular complexity index is 863. The van der Waals surface area contributed by atoms with Gasteiger partial charge < -0.3 is 0 Å². The maximum atomic E-state index is 10.5. The van der Waals surface area contributed by atoms with Crippen molar-refractivity contribution in [1.82, 2.24) is 4.98 Å². The fraction of sp³-hybridized carbons (Fsp3) is 0.0500. The summed E-state index contributed by atoms with van der Waals surface area (Å²) in [6.07, 6.45) is 5.86. The van der Waals surface area contributed by atoms with E-state index in [9.17, 15) is 8.42 Å². The smallest absolute Gasteiger partial charge is 0.282 e. The van der Waals surface area contributed by atoms with Crippen LogP contribution in [0.1, 0.15) is 16.8 Å². The van der Waals surface area contributed by atoms with Gasteiger partial charge in [-0.3, -0.25) is 9.54 Å². The molecule has 0 aliphatic rings. The van der Waals surface area contributed by atoms with Crippen LogP contribution in [-0.2, 0) is 10.1 Å². The molecule has 3 aromatic rings. The van der Waals surface area contributed by atoms with Crippen molar-refractivity contribution < 1.29 is 13.0 Å². The van der Waals surface area contributed by atoms with Gasteiger partial charge in [-0.15, -0.1) is 0 Å². The lowest BCUT2D eigenvalue weighted by Crippen LogP contribution is -1.96. The van der Waals surface area contributed by atoms with E-state index < -0.39 is 10.1 Å². The van der Waals surface area contributed by atoms with Crippen LogP contribution >= 0.6 is 0 Å². The molecule has 1 N–H and O–H groups in total. The van der Waals surface area contributed by atoms with Crippen molar-refractivity contribution >= 4 is 22.3 Å². The fourth-order valence-corrected chi connectivity index (χ4v) is 2.41. The summed E-state index contributed by atoms with van der Waals surface area (Å²) in [5.74, 6) is 0. The molecular formula is C20H19NO3S. The number of rotatable bonds is 3. The second-order valence-corrected chi connectivity index (χ2v) is 6.71. The Labute approximate surface area is 148 Å². The molecule has 0 radical (unpaired) electrons. The molecule has 0 amide bonds. The lowest BCUT2D eigenvalue weighted by atomic mass is 10.2. The number of hydrogen-bond acceptors (Lipinski definition) is 3. The summed E-state index contributed by atoms with van der Waals surface area (Å²) in [5.41, 5.74) is 3.13. The summed E-state index contributed by atoms with van der Waals surface area (Å²) in [6, 6.07) is 22.1. The Morgan fingerprint density at radius 2 is 1.48 bits per heavy atom. The van der Waals surface area contributed by atoms with Gasteiger partial charge in [-0.2, -0.15) is 8.42 Å². The summed E-state index contributed by atoms with van der Waals surface area (Å²) in [6.45, 7) is 1.84. The highest BCUT2D eigenvalue weighted by molar-refractivity contribution is 7.85. The molecule has 0 aliphatic carbocycles. The lowest BCUT2D eigenvalue weighted by molar-refractivity contribution is 0.483. The first-order chi connectivity index (χ1) is 11.9. The van der Waals surface area contributed by atoms with Crippen molar-refractivity contribution in [2.24, 2.45) is 0 Å². The molecule has 3 rings (SSSR count). The Hall–Kier alpha value is -2.76. The highest BCUT2D eigenvalue weighted by atomic mass is 32.2. The first-order valence-electron chi connectivity index (χ1n) is 7.63. The second-order valence-electron chi connectivity index (χ2n) is 5.29. The van der Waals surface area contributed by atoms with Crippen LogP contribution in [0.15, 0.2) is 83.9 Å². The molecule has 0 spiro atoms. The molecule has 0 atom stereocenters. The molecular weight excluding hydrogens is 334 g/mol. The highest BCUT2D eigenvalue weighted by Gasteiger charge is 2.06. The SMILES string of the molecule is C(=C\c1ccccn1)/c1ccccc1.Cc1ccc(S(=O)(=O)O)cc1. The van der Waals surface area contributed by atoms with E-state index in [1.165, 1.54) is 17.7 Å². The van der Waals surface area contributed by atoms with E-state index >= 15 is 0 Å². The van der Waals surface area contributed by atoms with Gasteiger partial charge in [0, 0.05) is 6.20 Å². The van der Waals surface area contributed by atoms with Gasteiger partial charge in [-0.25, -0.2) is 0 Å². The van der Waals surface area contributed by atoms with E-state index in [0.29, 0.717) is 0 Å². The van der Waals surface area contributed by atoms with Crippen LogP contribution in [0.3, 0.4) is 0 Å². The molecule has 25 heavy (non-hydrogen) atoms. The van der Waals surface area contributed by atoms with Crippen molar-refractivity contribution in [3.63, 3.8) is 0 Å². The van der Waals surface area contributed by atoms with Crippen LogP contribution in [0.5, 0.6) is 0 Å². The zero-order valence-electron chi connectivity index (χ0n) is 13.8. The predicted octanol–water partition coefficient (Wildman–Crippen LogP) is 4.49.